The zero-order valence-electron chi connectivity index (χ0n) is 18.4. The van der Waals surface area contributed by atoms with Crippen molar-refractivity contribution in [3.05, 3.63) is 35.9 Å². The smallest absolute Gasteiger partial charge is 0.410 e. The topological polar surface area (TPSA) is 79.9 Å². The van der Waals surface area contributed by atoms with Crippen LogP contribution in [0, 0.1) is 5.92 Å². The Morgan fingerprint density at radius 2 is 1.97 bits per heavy atom. The fourth-order valence-electron chi connectivity index (χ4n) is 3.68. The van der Waals surface area contributed by atoms with Gasteiger partial charge in [-0.2, -0.15) is 0 Å². The number of morpholine rings is 1. The minimum Gasteiger partial charge on any atom is -0.444 e. The first-order chi connectivity index (χ1) is 14.3. The van der Waals surface area contributed by atoms with Gasteiger partial charge in [-0.25, -0.2) is 4.79 Å². The molecule has 2 fully saturated rings. The van der Waals surface area contributed by atoms with Crippen LogP contribution < -0.4 is 10.6 Å². The summed E-state index contributed by atoms with van der Waals surface area (Å²) in [7, 11) is 0. The van der Waals surface area contributed by atoms with E-state index in [9.17, 15) is 9.59 Å². The van der Waals surface area contributed by atoms with Crippen LogP contribution in [-0.4, -0.2) is 60.9 Å². The van der Waals surface area contributed by atoms with E-state index in [0.717, 1.165) is 18.4 Å². The predicted molar refractivity (Wildman–Crippen MR) is 115 cm³/mol. The molecule has 1 aliphatic heterocycles. The Balaban J connectivity index is 1.44. The second-order valence-electron chi connectivity index (χ2n) is 9.17. The van der Waals surface area contributed by atoms with Gasteiger partial charge in [-0.05, 0) is 45.1 Å². The molecule has 30 heavy (non-hydrogen) atoms. The molecule has 3 rings (SSSR count). The molecular formula is C23H35N3O4. The number of nitrogens with one attached hydrogen (secondary N) is 2. The maximum atomic E-state index is 12.4. The minimum atomic E-state index is -0.508. The lowest BCUT2D eigenvalue weighted by Crippen LogP contribution is -2.55. The molecule has 0 radical (unpaired) electrons. The molecule has 2 aliphatic rings. The number of benzene rings is 1. The lowest BCUT2D eigenvalue weighted by molar-refractivity contribution is -0.121. The fraction of sp³-hybridized carbons (Fsp3) is 0.652. The van der Waals surface area contributed by atoms with Gasteiger partial charge in [0.25, 0.3) is 0 Å². The van der Waals surface area contributed by atoms with Crippen LogP contribution in [0.3, 0.4) is 0 Å². The molecule has 0 aromatic heterocycles. The lowest BCUT2D eigenvalue weighted by atomic mass is 10.0. The monoisotopic (exact) mass is 417 g/mol. The van der Waals surface area contributed by atoms with Crippen LogP contribution in [-0.2, 0) is 20.8 Å². The Kier molecular flexibility index (Phi) is 7.72. The Bertz CT molecular complexity index is 700. The molecule has 0 bridgehead atoms. The van der Waals surface area contributed by atoms with Gasteiger partial charge in [0.2, 0.25) is 5.91 Å². The summed E-state index contributed by atoms with van der Waals surface area (Å²) in [6, 6.07) is 10.0. The molecule has 1 aromatic rings. The third-order valence-electron chi connectivity index (χ3n) is 5.34. The molecule has 1 aliphatic carbocycles. The van der Waals surface area contributed by atoms with Gasteiger partial charge in [0.05, 0.1) is 19.3 Å². The summed E-state index contributed by atoms with van der Waals surface area (Å²) < 4.78 is 11.5. The maximum Gasteiger partial charge on any atom is 0.410 e. The summed E-state index contributed by atoms with van der Waals surface area (Å²) in [6.07, 6.45) is 2.36. The molecule has 166 valence electrons. The summed E-state index contributed by atoms with van der Waals surface area (Å²) in [6.45, 7) is 8.33. The van der Waals surface area contributed by atoms with Gasteiger partial charge >= 0.3 is 6.09 Å². The summed E-state index contributed by atoms with van der Waals surface area (Å²) in [5.74, 6) is 0.571. The van der Waals surface area contributed by atoms with Gasteiger partial charge in [0.1, 0.15) is 5.60 Å². The van der Waals surface area contributed by atoms with Gasteiger partial charge in [-0.3, -0.25) is 4.79 Å². The van der Waals surface area contributed by atoms with E-state index < -0.39 is 5.60 Å². The third-order valence-corrected chi connectivity index (χ3v) is 5.34. The third kappa shape index (κ3) is 7.29. The first-order valence-electron chi connectivity index (χ1n) is 11.0. The average molecular weight is 418 g/mol. The molecule has 1 heterocycles. The first-order valence-corrected chi connectivity index (χ1v) is 11.0. The van der Waals surface area contributed by atoms with Crippen LogP contribution >= 0.6 is 0 Å². The molecule has 2 N–H and O–H groups in total. The number of hydrogen-bond donors (Lipinski definition) is 2. The van der Waals surface area contributed by atoms with Gasteiger partial charge in [-0.15, -0.1) is 0 Å². The number of hydrogen-bond acceptors (Lipinski definition) is 5. The molecule has 2 atom stereocenters. The quantitative estimate of drug-likeness (QED) is 0.680. The maximum absolute atomic E-state index is 12.4. The Hall–Kier alpha value is -2.12. The SMILES string of the molecule is CC(C)(C)OC(=O)N1CCO[C@H]([C@H](NCCC(=O)NCc2ccccc2)C2CC2)C1. The molecule has 1 saturated heterocycles. The van der Waals surface area contributed by atoms with Crippen LogP contribution in [0.1, 0.15) is 45.6 Å². The largest absolute Gasteiger partial charge is 0.444 e. The van der Waals surface area contributed by atoms with E-state index in [1.165, 1.54) is 0 Å². The predicted octanol–water partition coefficient (Wildman–Crippen LogP) is 2.70. The summed E-state index contributed by atoms with van der Waals surface area (Å²) in [5, 5.41) is 6.48. The molecule has 0 unspecified atom stereocenters. The van der Waals surface area contributed by atoms with Crippen LogP contribution in [0.4, 0.5) is 4.79 Å². The van der Waals surface area contributed by atoms with E-state index in [1.807, 2.05) is 51.1 Å². The van der Waals surface area contributed by atoms with Crippen LogP contribution in [0.2, 0.25) is 0 Å². The van der Waals surface area contributed by atoms with Crippen molar-refractivity contribution in [1.82, 2.24) is 15.5 Å². The minimum absolute atomic E-state index is 0.0286. The van der Waals surface area contributed by atoms with Crippen molar-refractivity contribution >= 4 is 12.0 Å². The lowest BCUT2D eigenvalue weighted by Gasteiger charge is -2.38. The Morgan fingerprint density at radius 3 is 2.63 bits per heavy atom. The number of ether oxygens (including phenoxy) is 2. The zero-order chi connectivity index (χ0) is 21.6. The molecule has 7 nitrogen and oxygen atoms in total. The second-order valence-corrected chi connectivity index (χ2v) is 9.17. The van der Waals surface area contributed by atoms with Gasteiger partial charge < -0.3 is 25.0 Å². The highest BCUT2D eigenvalue weighted by atomic mass is 16.6. The summed E-state index contributed by atoms with van der Waals surface area (Å²) in [4.78, 5) is 26.4. The van der Waals surface area contributed by atoms with Crippen LogP contribution in [0.5, 0.6) is 0 Å². The molecule has 1 aromatic carbocycles. The van der Waals surface area contributed by atoms with Gasteiger partial charge in [-0.1, -0.05) is 30.3 Å². The van der Waals surface area contributed by atoms with Crippen molar-refractivity contribution in [2.24, 2.45) is 5.92 Å². The number of nitrogens with zero attached hydrogens (tertiary/aromatic N) is 1. The first kappa shape index (κ1) is 22.6. The van der Waals surface area contributed by atoms with E-state index in [1.54, 1.807) is 4.90 Å². The van der Waals surface area contributed by atoms with Crippen molar-refractivity contribution < 1.29 is 19.1 Å². The van der Waals surface area contributed by atoms with Gasteiger partial charge in [0.15, 0.2) is 0 Å². The number of carbonyl (C=O) groups is 2. The zero-order valence-corrected chi connectivity index (χ0v) is 18.4. The number of carbonyl (C=O) groups excluding carboxylic acids is 2. The number of rotatable bonds is 8. The van der Waals surface area contributed by atoms with Gasteiger partial charge in [0, 0.05) is 32.1 Å². The second kappa shape index (κ2) is 10.3. The summed E-state index contributed by atoms with van der Waals surface area (Å²) >= 11 is 0. The molecular weight excluding hydrogens is 382 g/mol. The highest BCUT2D eigenvalue weighted by Gasteiger charge is 2.40. The molecule has 1 saturated carbocycles. The average Bonchev–Trinajstić information content (AvgIpc) is 3.54. The molecule has 7 heteroatoms. The normalized spacial score (nSPS) is 20.5. The highest BCUT2D eigenvalue weighted by Crippen LogP contribution is 2.35. The standard InChI is InChI=1S/C23H35N3O4/c1-23(2,3)30-22(28)26-13-14-29-19(16-26)21(18-9-10-18)24-12-11-20(27)25-15-17-7-5-4-6-8-17/h4-8,18-19,21,24H,9-16H2,1-3H3,(H,25,27)/t19-,21+/m0/s1. The van der Waals surface area contributed by atoms with Crippen molar-refractivity contribution in [1.29, 1.82) is 0 Å². The van der Waals surface area contributed by atoms with E-state index in [4.69, 9.17) is 9.47 Å². The van der Waals surface area contributed by atoms with Crippen LogP contribution in [0.15, 0.2) is 30.3 Å². The van der Waals surface area contributed by atoms with E-state index >= 15 is 0 Å². The van der Waals surface area contributed by atoms with Crippen molar-refractivity contribution in [2.45, 2.75) is 64.3 Å². The van der Waals surface area contributed by atoms with E-state index in [0.29, 0.717) is 45.1 Å². The number of amides is 2. The van der Waals surface area contributed by atoms with Crippen molar-refractivity contribution in [3.63, 3.8) is 0 Å². The van der Waals surface area contributed by atoms with Crippen molar-refractivity contribution in [3.8, 4) is 0 Å². The summed E-state index contributed by atoms with van der Waals surface area (Å²) in [5.41, 5.74) is 0.582. The van der Waals surface area contributed by atoms with E-state index in [-0.39, 0.29) is 24.1 Å². The van der Waals surface area contributed by atoms with Crippen LogP contribution in [0.25, 0.3) is 0 Å². The van der Waals surface area contributed by atoms with E-state index in [2.05, 4.69) is 10.6 Å². The fourth-order valence-corrected chi connectivity index (χ4v) is 3.68. The van der Waals surface area contributed by atoms with Crippen molar-refractivity contribution in [2.75, 3.05) is 26.2 Å². The molecule has 0 spiro atoms. The Morgan fingerprint density at radius 1 is 1.23 bits per heavy atom. The molecule has 2 amide bonds. The highest BCUT2D eigenvalue weighted by molar-refractivity contribution is 5.76. The Labute approximate surface area is 179 Å².